The van der Waals surface area contributed by atoms with E-state index in [-0.39, 0.29) is 6.04 Å². The molecule has 0 amide bonds. The molecule has 0 spiro atoms. The van der Waals surface area contributed by atoms with Gasteiger partial charge in [0, 0.05) is 18.0 Å². The molecule has 3 nitrogen and oxygen atoms in total. The Morgan fingerprint density at radius 1 is 1.38 bits per heavy atom. The van der Waals surface area contributed by atoms with Gasteiger partial charge in [0.05, 0.1) is 11.0 Å². The molecule has 2 aromatic rings. The molecule has 0 aliphatic rings. The van der Waals surface area contributed by atoms with E-state index in [0.29, 0.717) is 4.99 Å². The van der Waals surface area contributed by atoms with Crippen molar-refractivity contribution in [3.8, 4) is 11.4 Å². The molecule has 1 aromatic heterocycles. The van der Waals surface area contributed by atoms with E-state index in [4.69, 9.17) is 18.0 Å². The van der Waals surface area contributed by atoms with Gasteiger partial charge in [0.25, 0.3) is 0 Å². The highest BCUT2D eigenvalue weighted by Crippen LogP contribution is 2.20. The molecule has 2 rings (SSSR count). The first-order valence-corrected chi connectivity index (χ1v) is 5.48. The fourth-order valence-corrected chi connectivity index (χ4v) is 1.69. The molecule has 1 atom stereocenters. The summed E-state index contributed by atoms with van der Waals surface area (Å²) in [5.41, 5.74) is 6.72. The third-order valence-electron chi connectivity index (χ3n) is 2.53. The Hall–Kier alpha value is -1.68. The Morgan fingerprint density at radius 2 is 2.06 bits per heavy atom. The van der Waals surface area contributed by atoms with Gasteiger partial charge in [-0.2, -0.15) is 0 Å². The van der Waals surface area contributed by atoms with Crippen LogP contribution in [-0.4, -0.2) is 14.5 Å². The van der Waals surface area contributed by atoms with Crippen LogP contribution in [0, 0.1) is 0 Å². The van der Waals surface area contributed by atoms with Crippen LogP contribution in [0.15, 0.2) is 42.7 Å². The average Bonchev–Trinajstić information content (AvgIpc) is 2.77. The first kappa shape index (κ1) is 10.8. The number of nitrogens with two attached hydrogens (primary N) is 1. The Kier molecular flexibility index (Phi) is 3.01. The maximum absolute atomic E-state index is 5.66. The van der Waals surface area contributed by atoms with E-state index in [0.717, 1.165) is 11.4 Å². The Labute approximate surface area is 99.9 Å². The lowest BCUT2D eigenvalue weighted by Gasteiger charge is -2.14. The molecule has 82 valence electrons. The quantitative estimate of drug-likeness (QED) is 0.825. The van der Waals surface area contributed by atoms with Crippen molar-refractivity contribution in [3.63, 3.8) is 0 Å². The normalized spacial score (nSPS) is 12.3. The second-order valence-corrected chi connectivity index (χ2v) is 4.07. The number of benzene rings is 1. The van der Waals surface area contributed by atoms with E-state index < -0.39 is 0 Å². The van der Waals surface area contributed by atoms with Gasteiger partial charge in [0.15, 0.2) is 0 Å². The van der Waals surface area contributed by atoms with Crippen molar-refractivity contribution >= 4 is 17.2 Å². The Morgan fingerprint density at radius 3 is 2.69 bits per heavy atom. The van der Waals surface area contributed by atoms with Crippen molar-refractivity contribution < 1.29 is 0 Å². The lowest BCUT2D eigenvalue weighted by atomic mass is 10.2. The first-order chi connectivity index (χ1) is 7.70. The van der Waals surface area contributed by atoms with Gasteiger partial charge in [-0.3, -0.25) is 0 Å². The van der Waals surface area contributed by atoms with E-state index in [1.54, 1.807) is 6.20 Å². The van der Waals surface area contributed by atoms with E-state index in [9.17, 15) is 0 Å². The van der Waals surface area contributed by atoms with Crippen molar-refractivity contribution in [2.75, 3.05) is 0 Å². The molecule has 0 bridgehead atoms. The molecule has 0 aliphatic carbocycles. The predicted octanol–water partition coefficient (Wildman–Crippen LogP) is 2.40. The molecular weight excluding hydrogens is 218 g/mol. The van der Waals surface area contributed by atoms with E-state index in [1.807, 2.05) is 48.0 Å². The van der Waals surface area contributed by atoms with Gasteiger partial charge in [-0.1, -0.05) is 42.5 Å². The summed E-state index contributed by atoms with van der Waals surface area (Å²) in [5, 5.41) is 0. The first-order valence-electron chi connectivity index (χ1n) is 5.07. The number of imidazole rings is 1. The molecule has 0 aliphatic heterocycles. The molecule has 4 heteroatoms. The average molecular weight is 231 g/mol. The van der Waals surface area contributed by atoms with Gasteiger partial charge in [-0.05, 0) is 6.92 Å². The fourth-order valence-electron chi connectivity index (χ4n) is 1.57. The summed E-state index contributed by atoms with van der Waals surface area (Å²) in [6.07, 6.45) is 3.66. The minimum absolute atomic E-state index is 0.0206. The number of aromatic nitrogens is 2. The topological polar surface area (TPSA) is 43.8 Å². The van der Waals surface area contributed by atoms with Crippen molar-refractivity contribution in [1.29, 1.82) is 0 Å². The summed E-state index contributed by atoms with van der Waals surface area (Å²) < 4.78 is 1.98. The van der Waals surface area contributed by atoms with Gasteiger partial charge >= 0.3 is 0 Å². The molecule has 2 N–H and O–H groups in total. The van der Waals surface area contributed by atoms with Crippen LogP contribution in [-0.2, 0) is 0 Å². The third kappa shape index (κ3) is 1.97. The van der Waals surface area contributed by atoms with Crippen molar-refractivity contribution in [1.82, 2.24) is 9.55 Å². The Bertz CT molecular complexity index is 490. The van der Waals surface area contributed by atoms with Crippen LogP contribution >= 0.6 is 12.2 Å². The molecule has 1 aromatic carbocycles. The van der Waals surface area contributed by atoms with Crippen LogP contribution in [0.25, 0.3) is 11.4 Å². The highest BCUT2D eigenvalue weighted by Gasteiger charge is 2.12. The molecule has 0 saturated heterocycles. The largest absolute Gasteiger partial charge is 0.392 e. The van der Waals surface area contributed by atoms with Crippen LogP contribution in [0.5, 0.6) is 0 Å². The molecule has 16 heavy (non-hydrogen) atoms. The zero-order chi connectivity index (χ0) is 11.5. The van der Waals surface area contributed by atoms with E-state index in [2.05, 4.69) is 4.98 Å². The maximum Gasteiger partial charge on any atom is 0.140 e. The molecule has 1 heterocycles. The maximum atomic E-state index is 5.66. The van der Waals surface area contributed by atoms with Gasteiger partial charge in [-0.25, -0.2) is 4.98 Å². The number of thiocarbonyl (C=S) groups is 1. The minimum atomic E-state index is -0.0206. The van der Waals surface area contributed by atoms with Gasteiger partial charge < -0.3 is 10.3 Å². The number of hydrogen-bond donors (Lipinski definition) is 1. The molecule has 0 saturated carbocycles. The van der Waals surface area contributed by atoms with Crippen LogP contribution < -0.4 is 5.73 Å². The molecule has 0 radical (unpaired) electrons. The number of hydrogen-bond acceptors (Lipinski definition) is 2. The summed E-state index contributed by atoms with van der Waals surface area (Å²) >= 11 is 5.00. The van der Waals surface area contributed by atoms with Gasteiger partial charge in [0.1, 0.15) is 5.82 Å². The summed E-state index contributed by atoms with van der Waals surface area (Å²) in [4.78, 5) is 4.81. The fraction of sp³-hybridized carbons (Fsp3) is 0.167. The summed E-state index contributed by atoms with van der Waals surface area (Å²) in [5.74, 6) is 0.890. The van der Waals surface area contributed by atoms with Crippen molar-refractivity contribution in [2.24, 2.45) is 5.73 Å². The highest BCUT2D eigenvalue weighted by molar-refractivity contribution is 7.80. The predicted molar refractivity (Wildman–Crippen MR) is 69.2 cm³/mol. The standard InChI is InChI=1S/C12H13N3S/c1-9(11(13)16)15-8-7-14-12(15)10-5-3-2-4-6-10/h2-9H,1H3,(H2,13,16). The van der Waals surface area contributed by atoms with Crippen LogP contribution in [0.1, 0.15) is 13.0 Å². The monoisotopic (exact) mass is 231 g/mol. The minimum Gasteiger partial charge on any atom is -0.392 e. The van der Waals surface area contributed by atoms with E-state index in [1.165, 1.54) is 0 Å². The van der Waals surface area contributed by atoms with Crippen molar-refractivity contribution in [2.45, 2.75) is 13.0 Å². The lowest BCUT2D eigenvalue weighted by molar-refractivity contribution is 0.706. The second kappa shape index (κ2) is 4.45. The van der Waals surface area contributed by atoms with Crippen LogP contribution in [0.4, 0.5) is 0 Å². The summed E-state index contributed by atoms with van der Waals surface area (Å²) in [6, 6.07) is 9.97. The zero-order valence-corrected chi connectivity index (χ0v) is 9.82. The smallest absolute Gasteiger partial charge is 0.140 e. The molecule has 1 unspecified atom stereocenters. The summed E-state index contributed by atoms with van der Waals surface area (Å²) in [7, 11) is 0. The third-order valence-corrected chi connectivity index (χ3v) is 2.87. The lowest BCUT2D eigenvalue weighted by Crippen LogP contribution is -2.22. The highest BCUT2D eigenvalue weighted by atomic mass is 32.1. The molecule has 0 fully saturated rings. The zero-order valence-electron chi connectivity index (χ0n) is 9.00. The van der Waals surface area contributed by atoms with E-state index >= 15 is 0 Å². The van der Waals surface area contributed by atoms with Crippen LogP contribution in [0.3, 0.4) is 0 Å². The molecular formula is C12H13N3S. The number of rotatable bonds is 3. The summed E-state index contributed by atoms with van der Waals surface area (Å²) in [6.45, 7) is 1.97. The van der Waals surface area contributed by atoms with Gasteiger partial charge in [-0.15, -0.1) is 0 Å². The Balaban J connectivity index is 2.44. The van der Waals surface area contributed by atoms with Crippen LogP contribution in [0.2, 0.25) is 0 Å². The van der Waals surface area contributed by atoms with Crippen molar-refractivity contribution in [3.05, 3.63) is 42.7 Å². The SMILES string of the molecule is CC(C(N)=S)n1ccnc1-c1ccccc1. The van der Waals surface area contributed by atoms with Gasteiger partial charge in [0.2, 0.25) is 0 Å². The second-order valence-electron chi connectivity index (χ2n) is 3.60. The number of nitrogens with zero attached hydrogens (tertiary/aromatic N) is 2.